The summed E-state index contributed by atoms with van der Waals surface area (Å²) < 4.78 is 0. The number of nitrogens with zero attached hydrogens (tertiary/aromatic N) is 1. The molecule has 0 atom stereocenters. The second-order valence-corrected chi connectivity index (χ2v) is 6.33. The molecule has 0 bridgehead atoms. The van der Waals surface area contributed by atoms with E-state index in [0.717, 1.165) is 50.0 Å². The van der Waals surface area contributed by atoms with Crippen molar-refractivity contribution in [2.24, 2.45) is 5.92 Å². The van der Waals surface area contributed by atoms with Crippen LogP contribution >= 0.6 is 0 Å². The van der Waals surface area contributed by atoms with Crippen molar-refractivity contribution in [2.45, 2.75) is 45.2 Å². The van der Waals surface area contributed by atoms with Gasteiger partial charge in [-0.2, -0.15) is 0 Å². The molecule has 20 heavy (non-hydrogen) atoms. The Hall–Kier alpha value is -1.35. The molecular weight excluding hydrogens is 248 g/mol. The second kappa shape index (κ2) is 5.96. The van der Waals surface area contributed by atoms with E-state index >= 15 is 0 Å². The number of benzene rings is 1. The highest BCUT2D eigenvalue weighted by Gasteiger charge is 2.22. The van der Waals surface area contributed by atoms with Gasteiger partial charge in [0, 0.05) is 31.2 Å². The zero-order chi connectivity index (χ0) is 13.9. The molecule has 1 aliphatic heterocycles. The van der Waals surface area contributed by atoms with E-state index in [0.29, 0.717) is 0 Å². The van der Waals surface area contributed by atoms with Crippen LogP contribution in [0.4, 0.5) is 0 Å². The second-order valence-electron chi connectivity index (χ2n) is 6.33. The summed E-state index contributed by atoms with van der Waals surface area (Å²) >= 11 is 0. The van der Waals surface area contributed by atoms with Gasteiger partial charge in [0.2, 0.25) is 0 Å². The third-order valence-corrected chi connectivity index (χ3v) is 4.44. The Morgan fingerprint density at radius 1 is 1.15 bits per heavy atom. The average Bonchev–Trinajstić information content (AvgIpc) is 3.30. The quantitative estimate of drug-likeness (QED) is 0.914. The van der Waals surface area contributed by atoms with Gasteiger partial charge in [-0.1, -0.05) is 19.1 Å². The number of carbonyl (C=O) groups excluding carboxylic acids is 1. The van der Waals surface area contributed by atoms with Gasteiger partial charge >= 0.3 is 0 Å². The Morgan fingerprint density at radius 2 is 1.80 bits per heavy atom. The number of hydrogen-bond donors (Lipinski definition) is 1. The molecule has 1 aliphatic carbocycles. The molecule has 1 heterocycles. The van der Waals surface area contributed by atoms with Gasteiger partial charge in [-0.05, 0) is 49.3 Å². The maximum atomic E-state index is 12.4. The van der Waals surface area contributed by atoms with Gasteiger partial charge in [-0.3, -0.25) is 4.79 Å². The molecule has 2 fully saturated rings. The molecule has 1 saturated heterocycles. The summed E-state index contributed by atoms with van der Waals surface area (Å²) in [5.41, 5.74) is 2.09. The minimum atomic E-state index is 0.193. The van der Waals surface area contributed by atoms with Gasteiger partial charge in [-0.25, -0.2) is 0 Å². The zero-order valence-electron chi connectivity index (χ0n) is 12.3. The van der Waals surface area contributed by atoms with Crippen molar-refractivity contribution >= 4 is 5.91 Å². The summed E-state index contributed by atoms with van der Waals surface area (Å²) in [4.78, 5) is 14.4. The predicted octanol–water partition coefficient (Wildman–Crippen LogP) is 2.81. The number of nitrogens with one attached hydrogen (secondary N) is 1. The highest BCUT2D eigenvalue weighted by Crippen LogP contribution is 2.20. The fourth-order valence-corrected chi connectivity index (χ4v) is 2.71. The molecule has 0 radical (unpaired) electrons. The third-order valence-electron chi connectivity index (χ3n) is 4.44. The lowest BCUT2D eigenvalue weighted by Crippen LogP contribution is -2.37. The number of piperidine rings is 1. The molecule has 1 amide bonds. The average molecular weight is 272 g/mol. The van der Waals surface area contributed by atoms with Gasteiger partial charge in [0.05, 0.1) is 0 Å². The largest absolute Gasteiger partial charge is 0.339 e. The van der Waals surface area contributed by atoms with Gasteiger partial charge in [0.1, 0.15) is 0 Å². The van der Waals surface area contributed by atoms with Crippen LogP contribution < -0.4 is 5.32 Å². The van der Waals surface area contributed by atoms with Crippen molar-refractivity contribution < 1.29 is 4.79 Å². The van der Waals surface area contributed by atoms with Crippen LogP contribution in [0.3, 0.4) is 0 Å². The number of likely N-dealkylation sites (tertiary alicyclic amines) is 1. The Balaban J connectivity index is 1.56. The van der Waals surface area contributed by atoms with Crippen molar-refractivity contribution in [3.63, 3.8) is 0 Å². The summed E-state index contributed by atoms with van der Waals surface area (Å²) in [6.45, 7) is 5.00. The van der Waals surface area contributed by atoms with Crippen LogP contribution in [0.2, 0.25) is 0 Å². The Kier molecular flexibility index (Phi) is 4.06. The molecule has 0 unspecified atom stereocenters. The summed E-state index contributed by atoms with van der Waals surface area (Å²) in [6.07, 6.45) is 4.89. The van der Waals surface area contributed by atoms with E-state index in [2.05, 4.69) is 24.4 Å². The van der Waals surface area contributed by atoms with E-state index in [1.165, 1.54) is 18.4 Å². The van der Waals surface area contributed by atoms with Crippen molar-refractivity contribution in [1.82, 2.24) is 10.2 Å². The van der Waals surface area contributed by atoms with E-state index in [1.807, 2.05) is 17.0 Å². The van der Waals surface area contributed by atoms with E-state index < -0.39 is 0 Å². The highest BCUT2D eigenvalue weighted by atomic mass is 16.2. The first-order chi connectivity index (χ1) is 9.72. The monoisotopic (exact) mass is 272 g/mol. The number of rotatable bonds is 4. The molecule has 108 valence electrons. The van der Waals surface area contributed by atoms with E-state index in [1.54, 1.807) is 0 Å². The zero-order valence-corrected chi connectivity index (χ0v) is 12.3. The van der Waals surface area contributed by atoms with Crippen molar-refractivity contribution in [3.8, 4) is 0 Å². The van der Waals surface area contributed by atoms with E-state index in [-0.39, 0.29) is 5.91 Å². The van der Waals surface area contributed by atoms with Gasteiger partial charge in [0.15, 0.2) is 0 Å². The van der Waals surface area contributed by atoms with Crippen LogP contribution in [0.15, 0.2) is 24.3 Å². The van der Waals surface area contributed by atoms with Crippen LogP contribution in [0.5, 0.6) is 0 Å². The Labute approximate surface area is 121 Å². The van der Waals surface area contributed by atoms with Crippen LogP contribution in [0.25, 0.3) is 0 Å². The first kappa shape index (κ1) is 13.6. The fraction of sp³-hybridized carbons (Fsp3) is 0.588. The smallest absolute Gasteiger partial charge is 0.253 e. The van der Waals surface area contributed by atoms with Crippen molar-refractivity contribution in [2.75, 3.05) is 13.1 Å². The standard InChI is InChI=1S/C17H24N2O/c1-13-8-10-19(11-9-13)17(20)15-4-2-14(3-5-15)12-18-16-6-7-16/h2-5,13,16,18H,6-12H2,1H3. The molecule has 1 aromatic carbocycles. The summed E-state index contributed by atoms with van der Waals surface area (Å²) in [5.74, 6) is 0.952. The van der Waals surface area contributed by atoms with Crippen molar-refractivity contribution in [1.29, 1.82) is 0 Å². The SMILES string of the molecule is CC1CCN(C(=O)c2ccc(CNC3CC3)cc2)CC1. The van der Waals surface area contributed by atoms with Crippen LogP contribution in [0, 0.1) is 5.92 Å². The minimum Gasteiger partial charge on any atom is -0.339 e. The van der Waals surface area contributed by atoms with Crippen LogP contribution in [-0.2, 0) is 6.54 Å². The lowest BCUT2D eigenvalue weighted by Gasteiger charge is -2.30. The van der Waals surface area contributed by atoms with E-state index in [4.69, 9.17) is 0 Å². The van der Waals surface area contributed by atoms with Crippen LogP contribution in [-0.4, -0.2) is 29.9 Å². The molecular formula is C17H24N2O. The first-order valence-corrected chi connectivity index (χ1v) is 7.84. The third kappa shape index (κ3) is 3.40. The molecule has 3 rings (SSSR count). The number of carbonyl (C=O) groups is 1. The molecule has 0 spiro atoms. The maximum Gasteiger partial charge on any atom is 0.253 e. The summed E-state index contributed by atoms with van der Waals surface area (Å²) in [7, 11) is 0. The Morgan fingerprint density at radius 3 is 2.40 bits per heavy atom. The van der Waals surface area contributed by atoms with Gasteiger partial charge in [-0.15, -0.1) is 0 Å². The van der Waals surface area contributed by atoms with Crippen LogP contribution in [0.1, 0.15) is 48.5 Å². The summed E-state index contributed by atoms with van der Waals surface area (Å²) in [6, 6.07) is 8.84. The van der Waals surface area contributed by atoms with Gasteiger partial charge < -0.3 is 10.2 Å². The predicted molar refractivity (Wildman–Crippen MR) is 80.6 cm³/mol. The lowest BCUT2D eigenvalue weighted by atomic mass is 9.98. The highest BCUT2D eigenvalue weighted by molar-refractivity contribution is 5.94. The molecule has 1 saturated carbocycles. The van der Waals surface area contributed by atoms with E-state index in [9.17, 15) is 4.79 Å². The molecule has 3 nitrogen and oxygen atoms in total. The first-order valence-electron chi connectivity index (χ1n) is 7.84. The normalized spacial score (nSPS) is 20.1. The number of amides is 1. The molecule has 1 aromatic rings. The lowest BCUT2D eigenvalue weighted by molar-refractivity contribution is 0.0697. The Bertz CT molecular complexity index is 456. The number of hydrogen-bond acceptors (Lipinski definition) is 2. The minimum absolute atomic E-state index is 0.193. The molecule has 0 aromatic heterocycles. The van der Waals surface area contributed by atoms with Crippen molar-refractivity contribution in [3.05, 3.63) is 35.4 Å². The summed E-state index contributed by atoms with van der Waals surface area (Å²) in [5, 5.41) is 3.49. The molecule has 3 heteroatoms. The molecule has 2 aliphatic rings. The fourth-order valence-electron chi connectivity index (χ4n) is 2.71. The van der Waals surface area contributed by atoms with Gasteiger partial charge in [0.25, 0.3) is 5.91 Å². The topological polar surface area (TPSA) is 32.3 Å². The maximum absolute atomic E-state index is 12.4. The molecule has 1 N–H and O–H groups in total.